The second-order valence-electron chi connectivity index (χ2n) is 4.68. The summed E-state index contributed by atoms with van der Waals surface area (Å²) < 4.78 is 0. The van der Waals surface area contributed by atoms with Crippen molar-refractivity contribution in [1.82, 2.24) is 5.32 Å². The standard InChI is InChI=1S/C15H14Cl2N2O2/c1-10(11-2-4-13(16)5-3-11)18-9-12-8-14(17)6-7-15(12)19(20)21/h2-8,10,18H,9H2,1H3. The molecule has 0 saturated carbocycles. The number of rotatable bonds is 5. The van der Waals surface area contributed by atoms with E-state index in [1.807, 2.05) is 31.2 Å². The lowest BCUT2D eigenvalue weighted by Gasteiger charge is -2.14. The maximum Gasteiger partial charge on any atom is 0.273 e. The van der Waals surface area contributed by atoms with Crippen molar-refractivity contribution >= 4 is 28.9 Å². The lowest BCUT2D eigenvalue weighted by atomic mass is 10.1. The number of halogens is 2. The molecule has 6 heteroatoms. The third-order valence-electron chi connectivity index (χ3n) is 3.21. The summed E-state index contributed by atoms with van der Waals surface area (Å²) in [5, 5.41) is 15.4. The molecule has 0 bridgehead atoms. The Labute approximate surface area is 132 Å². The Hall–Kier alpha value is -1.62. The van der Waals surface area contributed by atoms with E-state index in [2.05, 4.69) is 5.32 Å². The maximum absolute atomic E-state index is 11.0. The van der Waals surface area contributed by atoms with Gasteiger partial charge in [-0.1, -0.05) is 35.3 Å². The summed E-state index contributed by atoms with van der Waals surface area (Å²) in [5.74, 6) is 0. The molecule has 4 nitrogen and oxygen atoms in total. The van der Waals surface area contributed by atoms with Crippen molar-refractivity contribution in [1.29, 1.82) is 0 Å². The number of nitro groups is 1. The van der Waals surface area contributed by atoms with Crippen LogP contribution in [0.1, 0.15) is 24.1 Å². The van der Waals surface area contributed by atoms with E-state index in [-0.39, 0.29) is 11.7 Å². The highest BCUT2D eigenvalue weighted by atomic mass is 35.5. The largest absolute Gasteiger partial charge is 0.306 e. The molecule has 0 aliphatic carbocycles. The Morgan fingerprint density at radius 1 is 1.14 bits per heavy atom. The molecule has 2 aromatic carbocycles. The number of nitrogens with zero attached hydrogens (tertiary/aromatic N) is 1. The normalized spacial score (nSPS) is 12.1. The average Bonchev–Trinajstić information content (AvgIpc) is 2.45. The minimum absolute atomic E-state index is 0.0425. The van der Waals surface area contributed by atoms with E-state index >= 15 is 0 Å². The highest BCUT2D eigenvalue weighted by molar-refractivity contribution is 6.30. The smallest absolute Gasteiger partial charge is 0.273 e. The molecule has 110 valence electrons. The van der Waals surface area contributed by atoms with Gasteiger partial charge in [-0.3, -0.25) is 10.1 Å². The Kier molecular flexibility index (Phi) is 5.17. The second kappa shape index (κ2) is 6.89. The lowest BCUT2D eigenvalue weighted by molar-refractivity contribution is -0.385. The minimum Gasteiger partial charge on any atom is -0.306 e. The molecule has 0 spiro atoms. The van der Waals surface area contributed by atoms with E-state index in [0.29, 0.717) is 22.2 Å². The summed E-state index contributed by atoms with van der Waals surface area (Å²) >= 11 is 11.8. The zero-order chi connectivity index (χ0) is 15.4. The van der Waals surface area contributed by atoms with Gasteiger partial charge in [0.05, 0.1) is 4.92 Å². The van der Waals surface area contributed by atoms with Gasteiger partial charge in [0, 0.05) is 34.3 Å². The molecule has 1 atom stereocenters. The monoisotopic (exact) mass is 324 g/mol. The van der Waals surface area contributed by atoms with Gasteiger partial charge in [-0.25, -0.2) is 0 Å². The molecule has 0 aliphatic rings. The number of hydrogen-bond donors (Lipinski definition) is 1. The van der Waals surface area contributed by atoms with Crippen molar-refractivity contribution < 1.29 is 4.92 Å². The summed E-state index contributed by atoms with van der Waals surface area (Å²) in [4.78, 5) is 10.6. The van der Waals surface area contributed by atoms with Gasteiger partial charge in [0.1, 0.15) is 0 Å². The zero-order valence-electron chi connectivity index (χ0n) is 11.3. The summed E-state index contributed by atoms with van der Waals surface area (Å²) in [6.45, 7) is 2.35. The summed E-state index contributed by atoms with van der Waals surface area (Å²) in [5.41, 5.74) is 1.69. The first kappa shape index (κ1) is 15.8. The van der Waals surface area contributed by atoms with Crippen LogP contribution in [0.2, 0.25) is 10.0 Å². The number of hydrogen-bond acceptors (Lipinski definition) is 3. The van der Waals surface area contributed by atoms with Gasteiger partial charge >= 0.3 is 0 Å². The first-order chi connectivity index (χ1) is 9.97. The van der Waals surface area contributed by atoms with Gasteiger partial charge in [0.2, 0.25) is 0 Å². The maximum atomic E-state index is 11.0. The van der Waals surface area contributed by atoms with Crippen LogP contribution in [0.25, 0.3) is 0 Å². The molecule has 0 heterocycles. The molecular weight excluding hydrogens is 311 g/mol. The molecule has 0 fully saturated rings. The van der Waals surface area contributed by atoms with Crippen LogP contribution in [0.3, 0.4) is 0 Å². The van der Waals surface area contributed by atoms with Crippen LogP contribution in [-0.2, 0) is 6.54 Å². The minimum atomic E-state index is -0.402. The second-order valence-corrected chi connectivity index (χ2v) is 5.56. The fourth-order valence-electron chi connectivity index (χ4n) is 2.01. The molecule has 1 N–H and O–H groups in total. The predicted octanol–water partition coefficient (Wildman–Crippen LogP) is 4.75. The van der Waals surface area contributed by atoms with Crippen LogP contribution in [0.4, 0.5) is 5.69 Å². The van der Waals surface area contributed by atoms with E-state index in [4.69, 9.17) is 23.2 Å². The Morgan fingerprint density at radius 3 is 2.38 bits per heavy atom. The van der Waals surface area contributed by atoms with E-state index in [1.165, 1.54) is 12.1 Å². The van der Waals surface area contributed by atoms with E-state index in [9.17, 15) is 10.1 Å². The third-order valence-corrected chi connectivity index (χ3v) is 3.69. The molecule has 0 aliphatic heterocycles. The lowest BCUT2D eigenvalue weighted by Crippen LogP contribution is -2.18. The molecule has 21 heavy (non-hydrogen) atoms. The van der Waals surface area contributed by atoms with Crippen LogP contribution in [-0.4, -0.2) is 4.92 Å². The molecule has 2 rings (SSSR count). The van der Waals surface area contributed by atoms with Crippen molar-refractivity contribution in [3.8, 4) is 0 Å². The molecule has 1 unspecified atom stereocenters. The third kappa shape index (κ3) is 4.17. The van der Waals surface area contributed by atoms with Crippen molar-refractivity contribution in [3.05, 3.63) is 73.8 Å². The molecular formula is C15H14Cl2N2O2. The van der Waals surface area contributed by atoms with E-state index in [0.717, 1.165) is 5.56 Å². The quantitative estimate of drug-likeness (QED) is 0.637. The fraction of sp³-hybridized carbons (Fsp3) is 0.200. The van der Waals surface area contributed by atoms with Gasteiger partial charge in [0.25, 0.3) is 5.69 Å². The topological polar surface area (TPSA) is 55.2 Å². The van der Waals surface area contributed by atoms with Crippen LogP contribution < -0.4 is 5.32 Å². The Bertz CT molecular complexity index is 645. The summed E-state index contributed by atoms with van der Waals surface area (Å²) in [6, 6.07) is 12.1. The van der Waals surface area contributed by atoms with Gasteiger partial charge in [-0.15, -0.1) is 0 Å². The first-order valence-electron chi connectivity index (χ1n) is 6.39. The number of benzene rings is 2. The van der Waals surface area contributed by atoms with Crippen LogP contribution in [0, 0.1) is 10.1 Å². The highest BCUT2D eigenvalue weighted by Gasteiger charge is 2.14. The number of nitro benzene ring substituents is 1. The van der Waals surface area contributed by atoms with E-state index < -0.39 is 4.92 Å². The molecule has 0 amide bonds. The van der Waals surface area contributed by atoms with Crippen molar-refractivity contribution in [3.63, 3.8) is 0 Å². The van der Waals surface area contributed by atoms with Crippen LogP contribution in [0.15, 0.2) is 42.5 Å². The van der Waals surface area contributed by atoms with Crippen molar-refractivity contribution in [2.24, 2.45) is 0 Å². The molecule has 0 saturated heterocycles. The van der Waals surface area contributed by atoms with Gasteiger partial charge in [-0.2, -0.15) is 0 Å². The SMILES string of the molecule is CC(NCc1cc(Cl)ccc1[N+](=O)[O-])c1ccc(Cl)cc1. The molecule has 0 radical (unpaired) electrons. The Balaban J connectivity index is 2.10. The van der Waals surface area contributed by atoms with Gasteiger partial charge in [-0.05, 0) is 36.8 Å². The fourth-order valence-corrected chi connectivity index (χ4v) is 2.33. The van der Waals surface area contributed by atoms with Crippen molar-refractivity contribution in [2.75, 3.05) is 0 Å². The summed E-state index contributed by atoms with van der Waals surface area (Å²) in [7, 11) is 0. The van der Waals surface area contributed by atoms with Crippen molar-refractivity contribution in [2.45, 2.75) is 19.5 Å². The van der Waals surface area contributed by atoms with Crippen LogP contribution in [0.5, 0.6) is 0 Å². The van der Waals surface area contributed by atoms with Gasteiger partial charge in [0.15, 0.2) is 0 Å². The summed E-state index contributed by atoms with van der Waals surface area (Å²) in [6.07, 6.45) is 0. The molecule has 0 aromatic heterocycles. The highest BCUT2D eigenvalue weighted by Crippen LogP contribution is 2.24. The predicted molar refractivity (Wildman–Crippen MR) is 84.8 cm³/mol. The first-order valence-corrected chi connectivity index (χ1v) is 7.14. The van der Waals surface area contributed by atoms with E-state index in [1.54, 1.807) is 6.07 Å². The zero-order valence-corrected chi connectivity index (χ0v) is 12.9. The average molecular weight is 325 g/mol. The molecule has 2 aromatic rings. The van der Waals surface area contributed by atoms with Crippen LogP contribution >= 0.6 is 23.2 Å². The van der Waals surface area contributed by atoms with Gasteiger partial charge < -0.3 is 5.32 Å². The number of nitrogens with one attached hydrogen (secondary N) is 1. The Morgan fingerprint density at radius 2 is 1.76 bits per heavy atom.